The summed E-state index contributed by atoms with van der Waals surface area (Å²) in [6.45, 7) is 0.901. The predicted octanol–water partition coefficient (Wildman–Crippen LogP) is 3.05. The molecule has 0 atom stereocenters. The monoisotopic (exact) mass is 313 g/mol. The first-order valence-corrected chi connectivity index (χ1v) is 6.53. The number of likely N-dealkylation sites (N-methyl/N-ethyl adjacent to an activating group) is 1. The average Bonchev–Trinajstić information content (AvgIpc) is 2.68. The lowest BCUT2D eigenvalue weighted by molar-refractivity contribution is 0.754. The Morgan fingerprint density at radius 2 is 2.18 bits per heavy atom. The van der Waals surface area contributed by atoms with Gasteiger partial charge < -0.3 is 5.32 Å². The Morgan fingerprint density at radius 3 is 2.88 bits per heavy atom. The Bertz CT molecular complexity index is 510. The third kappa shape index (κ3) is 2.89. The Hall–Kier alpha value is -0.840. The lowest BCUT2D eigenvalue weighted by Gasteiger charge is -2.03. The molecule has 0 bridgehead atoms. The Morgan fingerprint density at radius 1 is 1.41 bits per heavy atom. The molecule has 1 aromatic heterocycles. The second-order valence-corrected chi connectivity index (χ2v) is 4.93. The summed E-state index contributed by atoms with van der Waals surface area (Å²) in [5, 5.41) is 8.33. The molecule has 0 saturated heterocycles. The number of hydrogen-bond donors (Lipinski definition) is 1. The van der Waals surface area contributed by atoms with Gasteiger partial charge in [0.15, 0.2) is 0 Å². The zero-order valence-electron chi connectivity index (χ0n) is 9.45. The SMILES string of the molecule is CNCCc1nn(-c2ccccc2Cl)cc1Br. The van der Waals surface area contributed by atoms with Crippen molar-refractivity contribution in [2.75, 3.05) is 13.6 Å². The van der Waals surface area contributed by atoms with E-state index in [4.69, 9.17) is 11.6 Å². The van der Waals surface area contributed by atoms with Gasteiger partial charge in [-0.15, -0.1) is 0 Å². The number of rotatable bonds is 4. The molecule has 3 nitrogen and oxygen atoms in total. The zero-order valence-corrected chi connectivity index (χ0v) is 11.8. The van der Waals surface area contributed by atoms with Crippen molar-refractivity contribution in [3.8, 4) is 5.69 Å². The van der Waals surface area contributed by atoms with Crippen molar-refractivity contribution in [1.82, 2.24) is 15.1 Å². The van der Waals surface area contributed by atoms with Gasteiger partial charge in [-0.25, -0.2) is 4.68 Å². The van der Waals surface area contributed by atoms with E-state index in [2.05, 4.69) is 26.3 Å². The normalized spacial score (nSPS) is 10.8. The molecule has 0 spiro atoms. The van der Waals surface area contributed by atoms with Crippen LogP contribution in [0.3, 0.4) is 0 Å². The van der Waals surface area contributed by atoms with Crippen molar-refractivity contribution in [2.24, 2.45) is 0 Å². The highest BCUT2D eigenvalue weighted by molar-refractivity contribution is 9.10. The van der Waals surface area contributed by atoms with Gasteiger partial charge >= 0.3 is 0 Å². The van der Waals surface area contributed by atoms with Crippen LogP contribution in [0.5, 0.6) is 0 Å². The second kappa shape index (κ2) is 5.67. The summed E-state index contributed by atoms with van der Waals surface area (Å²) in [6.07, 6.45) is 2.82. The molecule has 90 valence electrons. The summed E-state index contributed by atoms with van der Waals surface area (Å²) >= 11 is 9.65. The first-order chi connectivity index (χ1) is 8.22. The maximum atomic E-state index is 6.14. The molecule has 0 aliphatic rings. The van der Waals surface area contributed by atoms with Gasteiger partial charge in [-0.1, -0.05) is 23.7 Å². The first kappa shape index (κ1) is 12.6. The maximum absolute atomic E-state index is 6.14. The van der Waals surface area contributed by atoms with Crippen LogP contribution >= 0.6 is 27.5 Å². The highest BCUT2D eigenvalue weighted by Crippen LogP contribution is 2.23. The molecule has 5 heteroatoms. The predicted molar refractivity (Wildman–Crippen MR) is 73.9 cm³/mol. The largest absolute Gasteiger partial charge is 0.319 e. The highest BCUT2D eigenvalue weighted by Gasteiger charge is 2.09. The van der Waals surface area contributed by atoms with E-state index in [9.17, 15) is 0 Å². The van der Waals surface area contributed by atoms with E-state index in [1.807, 2.05) is 37.5 Å². The molecular weight excluding hydrogens is 302 g/mol. The molecule has 0 saturated carbocycles. The van der Waals surface area contributed by atoms with E-state index < -0.39 is 0 Å². The molecule has 2 rings (SSSR count). The summed E-state index contributed by atoms with van der Waals surface area (Å²) in [5.74, 6) is 0. The number of hydrogen-bond acceptors (Lipinski definition) is 2. The Labute approximate surface area is 114 Å². The first-order valence-electron chi connectivity index (χ1n) is 5.36. The van der Waals surface area contributed by atoms with Gasteiger partial charge in [0.25, 0.3) is 0 Å². The molecule has 0 aliphatic heterocycles. The minimum Gasteiger partial charge on any atom is -0.319 e. The fraction of sp³-hybridized carbons (Fsp3) is 0.250. The topological polar surface area (TPSA) is 29.9 Å². The number of nitrogens with one attached hydrogen (secondary N) is 1. The highest BCUT2D eigenvalue weighted by atomic mass is 79.9. The fourth-order valence-electron chi connectivity index (χ4n) is 1.56. The van der Waals surface area contributed by atoms with E-state index in [0.29, 0.717) is 5.02 Å². The molecule has 1 heterocycles. The lowest BCUT2D eigenvalue weighted by atomic mass is 10.3. The van der Waals surface area contributed by atoms with Crippen molar-refractivity contribution in [3.63, 3.8) is 0 Å². The summed E-state index contributed by atoms with van der Waals surface area (Å²) in [4.78, 5) is 0. The minimum atomic E-state index is 0.697. The van der Waals surface area contributed by atoms with Crippen molar-refractivity contribution in [3.05, 3.63) is 45.7 Å². The quantitative estimate of drug-likeness (QED) is 0.940. The Balaban J connectivity index is 2.31. The maximum Gasteiger partial charge on any atom is 0.0832 e. The van der Waals surface area contributed by atoms with Gasteiger partial charge in [-0.05, 0) is 35.1 Å². The summed E-state index contributed by atoms with van der Waals surface area (Å²) < 4.78 is 2.81. The smallest absolute Gasteiger partial charge is 0.0832 e. The number of para-hydroxylation sites is 1. The van der Waals surface area contributed by atoms with Crippen LogP contribution in [0.2, 0.25) is 5.02 Å². The molecular formula is C12H13BrClN3. The summed E-state index contributed by atoms with van der Waals surface area (Å²) in [7, 11) is 1.93. The third-order valence-electron chi connectivity index (χ3n) is 2.45. The molecule has 2 aromatic rings. The van der Waals surface area contributed by atoms with E-state index in [-0.39, 0.29) is 0 Å². The Kier molecular flexibility index (Phi) is 4.20. The van der Waals surface area contributed by atoms with E-state index in [1.54, 1.807) is 4.68 Å². The molecule has 1 N–H and O–H groups in total. The van der Waals surface area contributed by atoms with E-state index in [0.717, 1.165) is 28.8 Å². The van der Waals surface area contributed by atoms with Crippen LogP contribution < -0.4 is 5.32 Å². The molecule has 0 fully saturated rings. The third-order valence-corrected chi connectivity index (χ3v) is 3.43. The molecule has 0 aliphatic carbocycles. The lowest BCUT2D eigenvalue weighted by Crippen LogP contribution is -2.11. The minimum absolute atomic E-state index is 0.697. The number of nitrogens with zero attached hydrogens (tertiary/aromatic N) is 2. The number of aromatic nitrogens is 2. The molecule has 0 radical (unpaired) electrons. The van der Waals surface area contributed by atoms with Crippen molar-refractivity contribution in [2.45, 2.75) is 6.42 Å². The van der Waals surface area contributed by atoms with Crippen molar-refractivity contribution >= 4 is 27.5 Å². The summed E-state index contributed by atoms with van der Waals surface area (Å²) in [6, 6.07) is 7.67. The van der Waals surface area contributed by atoms with Crippen LogP contribution in [-0.2, 0) is 6.42 Å². The van der Waals surface area contributed by atoms with Gasteiger partial charge in [0, 0.05) is 19.2 Å². The zero-order chi connectivity index (χ0) is 12.3. The van der Waals surface area contributed by atoms with Crippen LogP contribution in [0.25, 0.3) is 5.69 Å². The molecule has 17 heavy (non-hydrogen) atoms. The van der Waals surface area contributed by atoms with Crippen LogP contribution in [0.4, 0.5) is 0 Å². The van der Waals surface area contributed by atoms with Crippen LogP contribution in [0.1, 0.15) is 5.69 Å². The molecule has 1 aromatic carbocycles. The van der Waals surface area contributed by atoms with Crippen molar-refractivity contribution < 1.29 is 0 Å². The average molecular weight is 315 g/mol. The number of benzene rings is 1. The molecule has 0 unspecified atom stereocenters. The van der Waals surface area contributed by atoms with Crippen molar-refractivity contribution in [1.29, 1.82) is 0 Å². The molecule has 0 amide bonds. The van der Waals surface area contributed by atoms with Crippen LogP contribution in [0.15, 0.2) is 34.9 Å². The second-order valence-electron chi connectivity index (χ2n) is 3.67. The number of halogens is 2. The summed E-state index contributed by atoms with van der Waals surface area (Å²) in [5.41, 5.74) is 1.92. The van der Waals surface area contributed by atoms with Crippen LogP contribution in [0, 0.1) is 0 Å². The fourth-order valence-corrected chi connectivity index (χ4v) is 2.26. The van der Waals surface area contributed by atoms with Gasteiger partial charge in [-0.3, -0.25) is 0 Å². The van der Waals surface area contributed by atoms with Gasteiger partial charge in [0.1, 0.15) is 0 Å². The van der Waals surface area contributed by atoms with Gasteiger partial charge in [0.05, 0.1) is 20.9 Å². The standard InChI is InChI=1S/C12H13BrClN3/c1-15-7-6-11-9(13)8-17(16-11)12-5-3-2-4-10(12)14/h2-5,8,15H,6-7H2,1H3. The van der Waals surface area contributed by atoms with E-state index >= 15 is 0 Å². The van der Waals surface area contributed by atoms with Crippen LogP contribution in [-0.4, -0.2) is 23.4 Å². The van der Waals surface area contributed by atoms with Gasteiger partial charge in [0.2, 0.25) is 0 Å². The van der Waals surface area contributed by atoms with E-state index in [1.165, 1.54) is 0 Å². The van der Waals surface area contributed by atoms with Gasteiger partial charge in [-0.2, -0.15) is 5.10 Å².